The van der Waals surface area contributed by atoms with Crippen molar-refractivity contribution in [1.82, 2.24) is 0 Å². The summed E-state index contributed by atoms with van der Waals surface area (Å²) < 4.78 is 0. The van der Waals surface area contributed by atoms with Crippen LogP contribution in [0.25, 0.3) is 0 Å². The van der Waals surface area contributed by atoms with Crippen LogP contribution in [-0.4, -0.2) is 17.8 Å². The van der Waals surface area contributed by atoms with E-state index in [4.69, 9.17) is 0 Å². The lowest BCUT2D eigenvalue weighted by Gasteiger charge is -2.51. The standard InChI is InChI=1S/C27H39NO/c1-4-6-10-19-24-26(23-17-13-9-14-18-23)28(3)25(22-15-11-8-12-16-22)21-27(24,29)20-7-5-2/h8-9,11-18,24-26,29H,4-7,10,19-21H2,1-3H3/p+1/t24-,25+,26-,27-/m1/s1. The first-order valence-corrected chi connectivity index (χ1v) is 11.8. The molecule has 1 aliphatic heterocycles. The summed E-state index contributed by atoms with van der Waals surface area (Å²) in [7, 11) is 2.35. The summed E-state index contributed by atoms with van der Waals surface area (Å²) in [6, 6.07) is 22.5. The zero-order valence-corrected chi connectivity index (χ0v) is 18.6. The lowest BCUT2D eigenvalue weighted by atomic mass is 9.66. The van der Waals surface area contributed by atoms with Crippen molar-refractivity contribution in [2.75, 3.05) is 7.05 Å². The fraction of sp³-hybridized carbons (Fsp3) is 0.556. The Kier molecular flexibility index (Phi) is 7.91. The van der Waals surface area contributed by atoms with Gasteiger partial charge in [0, 0.05) is 23.5 Å². The zero-order chi connectivity index (χ0) is 20.7. The molecule has 0 bridgehead atoms. The van der Waals surface area contributed by atoms with E-state index in [0.717, 1.165) is 32.1 Å². The van der Waals surface area contributed by atoms with Crippen molar-refractivity contribution in [3.63, 3.8) is 0 Å². The lowest BCUT2D eigenvalue weighted by molar-refractivity contribution is -0.957. The van der Waals surface area contributed by atoms with Crippen LogP contribution in [0.15, 0.2) is 60.7 Å². The highest BCUT2D eigenvalue weighted by Crippen LogP contribution is 2.45. The third-order valence-electron chi connectivity index (χ3n) is 7.13. The van der Waals surface area contributed by atoms with E-state index < -0.39 is 5.60 Å². The topological polar surface area (TPSA) is 24.7 Å². The number of hydrogen-bond acceptors (Lipinski definition) is 1. The third kappa shape index (κ3) is 5.10. The number of rotatable bonds is 9. The molecule has 0 aromatic heterocycles. The highest BCUT2D eigenvalue weighted by atomic mass is 16.3. The molecule has 1 aliphatic rings. The molecule has 1 fully saturated rings. The van der Waals surface area contributed by atoms with Gasteiger partial charge in [0.05, 0.1) is 12.6 Å². The Hall–Kier alpha value is -1.64. The van der Waals surface area contributed by atoms with E-state index in [1.54, 1.807) is 0 Å². The minimum atomic E-state index is -0.593. The average Bonchev–Trinajstić information content (AvgIpc) is 2.76. The minimum absolute atomic E-state index is 0.308. The van der Waals surface area contributed by atoms with Crippen LogP contribution in [-0.2, 0) is 0 Å². The van der Waals surface area contributed by atoms with Gasteiger partial charge in [0.15, 0.2) is 0 Å². The van der Waals surface area contributed by atoms with Crippen LogP contribution >= 0.6 is 0 Å². The molecule has 0 radical (unpaired) electrons. The number of benzene rings is 2. The van der Waals surface area contributed by atoms with Crippen molar-refractivity contribution in [2.45, 2.75) is 82.9 Å². The molecule has 0 spiro atoms. The summed E-state index contributed by atoms with van der Waals surface area (Å²) in [6.07, 6.45) is 8.83. The Labute approximate surface area is 178 Å². The second kappa shape index (κ2) is 10.4. The van der Waals surface area contributed by atoms with E-state index in [0.29, 0.717) is 18.0 Å². The van der Waals surface area contributed by atoms with Gasteiger partial charge in [-0.1, -0.05) is 107 Å². The van der Waals surface area contributed by atoms with Crippen LogP contribution in [0.3, 0.4) is 0 Å². The van der Waals surface area contributed by atoms with Gasteiger partial charge in [-0.15, -0.1) is 0 Å². The number of aliphatic hydroxyl groups is 1. The molecule has 2 aromatic carbocycles. The predicted molar refractivity (Wildman–Crippen MR) is 122 cm³/mol. The Bertz CT molecular complexity index is 716. The van der Waals surface area contributed by atoms with Crippen molar-refractivity contribution < 1.29 is 10.0 Å². The number of nitrogens with one attached hydrogen (secondary N) is 1. The van der Waals surface area contributed by atoms with Gasteiger partial charge in [-0.05, 0) is 12.8 Å². The van der Waals surface area contributed by atoms with Gasteiger partial charge in [0.25, 0.3) is 0 Å². The molecular formula is C27H40NO+. The molecule has 0 aliphatic carbocycles. The van der Waals surface area contributed by atoms with E-state index in [1.165, 1.54) is 35.3 Å². The highest BCUT2D eigenvalue weighted by molar-refractivity contribution is 5.23. The Balaban J connectivity index is 2.02. The fourth-order valence-electron chi connectivity index (χ4n) is 5.55. The summed E-state index contributed by atoms with van der Waals surface area (Å²) in [5, 5.41) is 12.1. The van der Waals surface area contributed by atoms with E-state index in [9.17, 15) is 5.11 Å². The van der Waals surface area contributed by atoms with Gasteiger partial charge in [0.2, 0.25) is 0 Å². The van der Waals surface area contributed by atoms with E-state index in [1.807, 2.05) is 0 Å². The summed E-state index contributed by atoms with van der Waals surface area (Å²) in [5.74, 6) is 0.308. The lowest BCUT2D eigenvalue weighted by Crippen LogP contribution is -3.12. The third-order valence-corrected chi connectivity index (χ3v) is 7.13. The molecular weight excluding hydrogens is 354 g/mol. The SMILES string of the molecule is CCCCC[C@@H]1[C@@H](c2ccccc2)[NH+](C)[C@H](c2ccccc2)C[C@]1(O)CCCC. The maximum Gasteiger partial charge on any atom is 0.119 e. The largest absolute Gasteiger partial charge is 0.389 e. The van der Waals surface area contributed by atoms with Crippen LogP contribution in [0.5, 0.6) is 0 Å². The molecule has 158 valence electrons. The monoisotopic (exact) mass is 394 g/mol. The smallest absolute Gasteiger partial charge is 0.119 e. The summed E-state index contributed by atoms with van der Waals surface area (Å²) in [5.41, 5.74) is 2.14. The second-order valence-electron chi connectivity index (χ2n) is 9.11. The maximum atomic E-state index is 12.1. The molecule has 1 unspecified atom stereocenters. The van der Waals surface area contributed by atoms with Crippen LogP contribution in [0.2, 0.25) is 0 Å². The van der Waals surface area contributed by atoms with E-state index in [-0.39, 0.29) is 0 Å². The van der Waals surface area contributed by atoms with Crippen LogP contribution < -0.4 is 4.90 Å². The summed E-state index contributed by atoms with van der Waals surface area (Å²) >= 11 is 0. The Morgan fingerprint density at radius 2 is 1.45 bits per heavy atom. The summed E-state index contributed by atoms with van der Waals surface area (Å²) in [6.45, 7) is 4.50. The van der Waals surface area contributed by atoms with Gasteiger partial charge < -0.3 is 10.0 Å². The Morgan fingerprint density at radius 1 is 0.862 bits per heavy atom. The number of likely N-dealkylation sites (tertiary alicyclic amines) is 1. The van der Waals surface area contributed by atoms with Crippen molar-refractivity contribution in [2.24, 2.45) is 5.92 Å². The normalized spacial score (nSPS) is 29.7. The zero-order valence-electron chi connectivity index (χ0n) is 18.6. The molecule has 0 amide bonds. The molecule has 1 saturated heterocycles. The first kappa shape index (κ1) is 22.1. The van der Waals surface area contributed by atoms with Gasteiger partial charge in [0.1, 0.15) is 12.1 Å². The van der Waals surface area contributed by atoms with Crippen molar-refractivity contribution in [3.05, 3.63) is 71.8 Å². The van der Waals surface area contributed by atoms with Gasteiger partial charge in [-0.2, -0.15) is 0 Å². The molecule has 1 heterocycles. The average molecular weight is 395 g/mol. The molecule has 2 nitrogen and oxygen atoms in total. The maximum absolute atomic E-state index is 12.1. The predicted octanol–water partition coefficient (Wildman–Crippen LogP) is 5.51. The molecule has 2 heteroatoms. The number of hydrogen-bond donors (Lipinski definition) is 2. The minimum Gasteiger partial charge on any atom is -0.389 e. The molecule has 5 atom stereocenters. The van der Waals surface area contributed by atoms with Crippen molar-refractivity contribution in [1.29, 1.82) is 0 Å². The number of unbranched alkanes of at least 4 members (excludes halogenated alkanes) is 3. The second-order valence-corrected chi connectivity index (χ2v) is 9.11. The molecule has 0 saturated carbocycles. The van der Waals surface area contributed by atoms with Crippen molar-refractivity contribution >= 4 is 0 Å². The van der Waals surface area contributed by atoms with Crippen molar-refractivity contribution in [3.8, 4) is 0 Å². The molecule has 2 N–H and O–H groups in total. The molecule has 29 heavy (non-hydrogen) atoms. The van der Waals surface area contributed by atoms with Gasteiger partial charge >= 0.3 is 0 Å². The van der Waals surface area contributed by atoms with Crippen LogP contribution in [0.1, 0.15) is 88.4 Å². The summed E-state index contributed by atoms with van der Waals surface area (Å²) in [4.78, 5) is 1.53. The first-order valence-electron chi connectivity index (χ1n) is 11.8. The van der Waals surface area contributed by atoms with E-state index >= 15 is 0 Å². The fourth-order valence-corrected chi connectivity index (χ4v) is 5.55. The highest BCUT2D eigenvalue weighted by Gasteiger charge is 2.53. The van der Waals surface area contributed by atoms with Crippen LogP contribution in [0.4, 0.5) is 0 Å². The van der Waals surface area contributed by atoms with E-state index in [2.05, 4.69) is 81.6 Å². The first-order chi connectivity index (χ1) is 14.1. The van der Waals surface area contributed by atoms with Crippen LogP contribution in [0, 0.1) is 5.92 Å². The number of quaternary nitrogens is 1. The quantitative estimate of drug-likeness (QED) is 0.539. The van der Waals surface area contributed by atoms with Gasteiger partial charge in [-0.3, -0.25) is 0 Å². The Morgan fingerprint density at radius 3 is 2.03 bits per heavy atom. The van der Waals surface area contributed by atoms with Gasteiger partial charge in [-0.25, -0.2) is 0 Å². The number of piperidine rings is 1. The molecule has 3 rings (SSSR count). The molecule has 2 aromatic rings.